The van der Waals surface area contributed by atoms with E-state index in [9.17, 15) is 27.2 Å². The first-order chi connectivity index (χ1) is 16.1. The van der Waals surface area contributed by atoms with E-state index in [1.807, 2.05) is 0 Å². The van der Waals surface area contributed by atoms with Gasteiger partial charge < -0.3 is 15.6 Å². The van der Waals surface area contributed by atoms with Crippen LogP contribution in [-0.2, 0) is 14.6 Å². The number of hydrogen-bond acceptors (Lipinski definition) is 7. The zero-order valence-electron chi connectivity index (χ0n) is 17.4. The molecule has 1 amide bonds. The number of anilines is 2. The topological polar surface area (TPSA) is 130 Å². The summed E-state index contributed by atoms with van der Waals surface area (Å²) in [6.07, 6.45) is 0. The van der Waals surface area contributed by atoms with Gasteiger partial charge in [0, 0.05) is 12.7 Å². The van der Waals surface area contributed by atoms with Gasteiger partial charge in [-0.25, -0.2) is 22.2 Å². The molecule has 0 bridgehead atoms. The van der Waals surface area contributed by atoms with Gasteiger partial charge in [0.15, 0.2) is 9.84 Å². The number of H-pyrrole nitrogens is 1. The standard InChI is InChI=1S/C21H16ClFN4O5S2/c1-24-16-9-15-13(8-14(16)23)20(29)27(21(30)26-15)12-4-2-11(3-5-12)25-18(28)10-34(31,32)19-7-6-17(22)33-19/h2-9,24H,10H2,1H3,(H,25,28)(H,26,30). The Bertz CT molecular complexity index is 1640. The van der Waals surface area contributed by atoms with Crippen molar-refractivity contribution in [1.29, 1.82) is 0 Å². The first-order valence-corrected chi connectivity index (χ1v) is 12.5. The fraction of sp³-hybridized carbons (Fsp3) is 0.0952. The maximum atomic E-state index is 14.1. The quantitative estimate of drug-likeness (QED) is 0.357. The van der Waals surface area contributed by atoms with E-state index in [2.05, 4.69) is 15.6 Å². The molecule has 0 atom stereocenters. The third-order valence-corrected chi connectivity index (χ3v) is 8.27. The molecular formula is C21H16ClFN4O5S2. The maximum absolute atomic E-state index is 14.1. The number of rotatable bonds is 6. The highest BCUT2D eigenvalue weighted by molar-refractivity contribution is 7.94. The van der Waals surface area contributed by atoms with Gasteiger partial charge in [0.2, 0.25) is 5.91 Å². The second-order valence-corrected chi connectivity index (χ2v) is 11.0. The number of fused-ring (bicyclic) bond motifs is 1. The van der Waals surface area contributed by atoms with E-state index < -0.39 is 38.6 Å². The summed E-state index contributed by atoms with van der Waals surface area (Å²) in [5.74, 6) is -2.20. The summed E-state index contributed by atoms with van der Waals surface area (Å²) < 4.78 is 39.9. The molecule has 0 saturated carbocycles. The number of nitrogens with one attached hydrogen (secondary N) is 3. The summed E-state index contributed by atoms with van der Waals surface area (Å²) >= 11 is 6.61. The number of amides is 1. The van der Waals surface area contributed by atoms with Crippen LogP contribution in [0.1, 0.15) is 0 Å². The summed E-state index contributed by atoms with van der Waals surface area (Å²) in [5, 5.41) is 5.07. The smallest absolute Gasteiger partial charge is 0.333 e. The average molecular weight is 523 g/mol. The highest BCUT2D eigenvalue weighted by Gasteiger charge is 2.21. The lowest BCUT2D eigenvalue weighted by molar-refractivity contribution is -0.113. The number of aromatic amines is 1. The Kier molecular flexibility index (Phi) is 6.30. The van der Waals surface area contributed by atoms with Crippen molar-refractivity contribution < 1.29 is 17.6 Å². The summed E-state index contributed by atoms with van der Waals surface area (Å²) in [7, 11) is -2.34. The van der Waals surface area contributed by atoms with Gasteiger partial charge in [-0.15, -0.1) is 11.3 Å². The van der Waals surface area contributed by atoms with Crippen LogP contribution in [0.4, 0.5) is 15.8 Å². The fourth-order valence-corrected chi connectivity index (χ4v) is 5.97. The molecule has 3 N–H and O–H groups in total. The molecular weight excluding hydrogens is 507 g/mol. The van der Waals surface area contributed by atoms with Crippen LogP contribution in [0.25, 0.3) is 16.6 Å². The molecule has 0 radical (unpaired) electrons. The van der Waals surface area contributed by atoms with Crippen LogP contribution in [-0.4, -0.2) is 36.7 Å². The highest BCUT2D eigenvalue weighted by Crippen LogP contribution is 2.26. The second-order valence-electron chi connectivity index (χ2n) is 7.11. The van der Waals surface area contributed by atoms with E-state index in [0.717, 1.165) is 22.0 Å². The number of thiophene rings is 1. The molecule has 0 aliphatic rings. The molecule has 9 nitrogen and oxygen atoms in total. The van der Waals surface area contributed by atoms with Crippen molar-refractivity contribution in [3.05, 3.63) is 79.5 Å². The monoisotopic (exact) mass is 522 g/mol. The second kappa shape index (κ2) is 9.05. The van der Waals surface area contributed by atoms with Crippen LogP contribution in [0.2, 0.25) is 4.34 Å². The zero-order chi connectivity index (χ0) is 24.6. The average Bonchev–Trinajstić information content (AvgIpc) is 3.22. The maximum Gasteiger partial charge on any atom is 0.333 e. The van der Waals surface area contributed by atoms with E-state index >= 15 is 0 Å². The number of benzene rings is 2. The van der Waals surface area contributed by atoms with E-state index in [0.29, 0.717) is 4.34 Å². The van der Waals surface area contributed by atoms with E-state index in [4.69, 9.17) is 11.6 Å². The molecule has 0 unspecified atom stereocenters. The van der Waals surface area contributed by atoms with Crippen LogP contribution in [0.15, 0.2) is 62.3 Å². The number of aromatic nitrogens is 2. The Balaban J connectivity index is 1.58. The molecule has 0 spiro atoms. The van der Waals surface area contributed by atoms with Crippen LogP contribution in [0.5, 0.6) is 0 Å². The van der Waals surface area contributed by atoms with Gasteiger partial charge in [-0.1, -0.05) is 11.6 Å². The summed E-state index contributed by atoms with van der Waals surface area (Å²) in [5.41, 5.74) is -0.728. The number of nitrogens with zero attached hydrogens (tertiary/aromatic N) is 1. The molecule has 0 aliphatic carbocycles. The zero-order valence-corrected chi connectivity index (χ0v) is 19.8. The normalized spacial score (nSPS) is 11.5. The summed E-state index contributed by atoms with van der Waals surface area (Å²) in [6.45, 7) is 0. The van der Waals surface area contributed by atoms with Gasteiger partial charge in [0.1, 0.15) is 15.8 Å². The van der Waals surface area contributed by atoms with Crippen molar-refractivity contribution in [2.24, 2.45) is 0 Å². The summed E-state index contributed by atoms with van der Waals surface area (Å²) in [6, 6.07) is 10.7. The van der Waals surface area contributed by atoms with Crippen molar-refractivity contribution in [1.82, 2.24) is 9.55 Å². The molecule has 13 heteroatoms. The molecule has 2 heterocycles. The molecule has 0 saturated heterocycles. The Hall–Kier alpha value is -3.48. The van der Waals surface area contributed by atoms with Crippen molar-refractivity contribution in [3.8, 4) is 5.69 Å². The molecule has 4 rings (SSSR count). The van der Waals surface area contributed by atoms with Gasteiger partial charge >= 0.3 is 5.69 Å². The van der Waals surface area contributed by atoms with E-state index in [1.54, 1.807) is 0 Å². The van der Waals surface area contributed by atoms with E-state index in [-0.39, 0.29) is 32.2 Å². The van der Waals surface area contributed by atoms with Gasteiger partial charge in [-0.3, -0.25) is 9.59 Å². The predicted octanol–water partition coefficient (Wildman–Crippen LogP) is 2.99. The van der Waals surface area contributed by atoms with Crippen molar-refractivity contribution in [2.45, 2.75) is 4.21 Å². The Morgan fingerprint density at radius 1 is 1.15 bits per heavy atom. The van der Waals surface area contributed by atoms with Gasteiger partial charge in [-0.2, -0.15) is 0 Å². The Labute approximate surface area is 200 Å². The lowest BCUT2D eigenvalue weighted by atomic mass is 10.2. The van der Waals surface area contributed by atoms with Gasteiger partial charge in [0.05, 0.1) is 26.6 Å². The molecule has 2 aromatic carbocycles. The third-order valence-electron chi connectivity index (χ3n) is 4.84. The minimum absolute atomic E-state index is 0.0174. The molecule has 2 aromatic heterocycles. The van der Waals surface area contributed by atoms with E-state index in [1.165, 1.54) is 49.5 Å². The van der Waals surface area contributed by atoms with Crippen molar-refractivity contribution >= 4 is 61.0 Å². The number of halogens is 2. The van der Waals surface area contributed by atoms with Crippen LogP contribution < -0.4 is 21.9 Å². The largest absolute Gasteiger partial charge is 0.386 e. The third kappa shape index (κ3) is 4.60. The van der Waals surface area contributed by atoms with Crippen LogP contribution in [0.3, 0.4) is 0 Å². The number of hydrogen-bond donors (Lipinski definition) is 3. The van der Waals surface area contributed by atoms with Crippen molar-refractivity contribution in [2.75, 3.05) is 23.4 Å². The lowest BCUT2D eigenvalue weighted by Gasteiger charge is -2.10. The Morgan fingerprint density at radius 2 is 1.85 bits per heavy atom. The number of sulfone groups is 1. The minimum atomic E-state index is -3.85. The molecule has 176 valence electrons. The molecule has 4 aromatic rings. The highest BCUT2D eigenvalue weighted by atomic mass is 35.5. The first-order valence-electron chi connectivity index (χ1n) is 9.64. The minimum Gasteiger partial charge on any atom is -0.386 e. The van der Waals surface area contributed by atoms with Crippen molar-refractivity contribution in [3.63, 3.8) is 0 Å². The molecule has 0 fully saturated rings. The van der Waals surface area contributed by atoms with Gasteiger partial charge in [-0.05, 0) is 48.5 Å². The lowest BCUT2D eigenvalue weighted by Crippen LogP contribution is -2.33. The number of carbonyl (C=O) groups excluding carboxylic acids is 1. The van der Waals surface area contributed by atoms with Gasteiger partial charge in [0.25, 0.3) is 5.56 Å². The Morgan fingerprint density at radius 3 is 2.47 bits per heavy atom. The SMILES string of the molecule is CNc1cc2[nH]c(=O)n(-c3ccc(NC(=O)CS(=O)(=O)c4ccc(Cl)s4)cc3)c(=O)c2cc1F. The van der Waals surface area contributed by atoms with Crippen LogP contribution >= 0.6 is 22.9 Å². The predicted molar refractivity (Wildman–Crippen MR) is 130 cm³/mol. The fourth-order valence-electron chi connectivity index (χ4n) is 3.26. The number of carbonyl (C=O) groups is 1. The first kappa shape index (κ1) is 23.7. The molecule has 0 aliphatic heterocycles. The van der Waals surface area contributed by atoms with Crippen LogP contribution in [0, 0.1) is 5.82 Å². The summed E-state index contributed by atoms with van der Waals surface area (Å²) in [4.78, 5) is 40.2. The molecule has 34 heavy (non-hydrogen) atoms.